The maximum atomic E-state index is 12.8. The minimum atomic E-state index is -0.0613. The number of aromatic nitrogens is 1. The summed E-state index contributed by atoms with van der Waals surface area (Å²) >= 11 is 8.26. The van der Waals surface area contributed by atoms with Gasteiger partial charge in [0.05, 0.1) is 12.0 Å². The van der Waals surface area contributed by atoms with E-state index >= 15 is 0 Å². The summed E-state index contributed by atoms with van der Waals surface area (Å²) in [5.41, 5.74) is 3.39. The van der Waals surface area contributed by atoms with Gasteiger partial charge in [-0.1, -0.05) is 72.4 Å². The van der Waals surface area contributed by atoms with Crippen LogP contribution in [0, 0.1) is 6.92 Å². The van der Waals surface area contributed by atoms with Crippen LogP contribution in [0.3, 0.4) is 0 Å². The maximum absolute atomic E-state index is 12.8. The molecule has 0 radical (unpaired) electrons. The van der Waals surface area contributed by atoms with Crippen LogP contribution < -0.4 is 10.1 Å². The number of unbranched alkanes of at least 4 members (excludes halogenated alkanes) is 2. The molecule has 2 aromatic carbocycles. The quantitative estimate of drug-likeness (QED) is 0.168. The van der Waals surface area contributed by atoms with Gasteiger partial charge in [-0.3, -0.25) is 14.5 Å². The van der Waals surface area contributed by atoms with E-state index in [1.54, 1.807) is 12.0 Å². The molecule has 0 spiro atoms. The second-order valence-corrected chi connectivity index (χ2v) is 11.6. The lowest BCUT2D eigenvalue weighted by Crippen LogP contribution is -2.29. The third kappa shape index (κ3) is 7.74. The predicted octanol–water partition coefficient (Wildman–Crippen LogP) is 6.45. The molecule has 0 bridgehead atoms. The van der Waals surface area contributed by atoms with E-state index in [-0.39, 0.29) is 11.8 Å². The first-order valence-corrected chi connectivity index (χ1v) is 14.1. The molecule has 1 fully saturated rings. The number of carbonyl (C=O) groups excluding carboxylic acids is 2. The largest absolute Gasteiger partial charge is 0.497 e. The number of benzene rings is 2. The van der Waals surface area contributed by atoms with Crippen molar-refractivity contribution in [2.45, 2.75) is 39.0 Å². The first-order chi connectivity index (χ1) is 17.9. The van der Waals surface area contributed by atoms with Gasteiger partial charge in [0.25, 0.3) is 5.91 Å². The second kappa shape index (κ2) is 13.0. The number of thiocarbonyl (C=S) groups is 1. The lowest BCUT2D eigenvalue weighted by atomic mass is 10.1. The number of methoxy groups -OCH3 is 1. The van der Waals surface area contributed by atoms with Crippen LogP contribution in [0.4, 0.5) is 5.13 Å². The Morgan fingerprint density at radius 3 is 2.59 bits per heavy atom. The number of thiazole rings is 1. The van der Waals surface area contributed by atoms with Gasteiger partial charge in [-0.05, 0) is 49.1 Å². The van der Waals surface area contributed by atoms with Crippen molar-refractivity contribution in [3.63, 3.8) is 0 Å². The average Bonchev–Trinajstić information content (AvgIpc) is 3.43. The zero-order valence-electron chi connectivity index (χ0n) is 20.9. The summed E-state index contributed by atoms with van der Waals surface area (Å²) in [5.74, 6) is 0.672. The smallest absolute Gasteiger partial charge is 0.266 e. The molecule has 9 heteroatoms. The highest BCUT2D eigenvalue weighted by atomic mass is 32.2. The van der Waals surface area contributed by atoms with E-state index in [0.29, 0.717) is 27.3 Å². The summed E-state index contributed by atoms with van der Waals surface area (Å²) in [6.45, 7) is 2.63. The molecule has 3 aromatic rings. The van der Waals surface area contributed by atoms with E-state index < -0.39 is 0 Å². The lowest BCUT2D eigenvalue weighted by molar-refractivity contribution is -0.122. The first-order valence-electron chi connectivity index (χ1n) is 12.1. The maximum Gasteiger partial charge on any atom is 0.266 e. The second-order valence-electron chi connectivity index (χ2n) is 8.76. The third-order valence-corrected chi connectivity index (χ3v) is 8.16. The minimum absolute atomic E-state index is 0.0377. The van der Waals surface area contributed by atoms with E-state index in [4.69, 9.17) is 17.0 Å². The molecule has 2 heterocycles. The van der Waals surface area contributed by atoms with Crippen molar-refractivity contribution in [3.05, 3.63) is 81.2 Å². The van der Waals surface area contributed by atoms with Crippen LogP contribution in [0.25, 0.3) is 6.08 Å². The van der Waals surface area contributed by atoms with Crippen molar-refractivity contribution in [1.29, 1.82) is 0 Å². The summed E-state index contributed by atoms with van der Waals surface area (Å²) in [7, 11) is 1.62. The average molecular weight is 552 g/mol. The monoisotopic (exact) mass is 551 g/mol. The summed E-state index contributed by atoms with van der Waals surface area (Å²) in [6.07, 6.45) is 7.26. The van der Waals surface area contributed by atoms with Crippen LogP contribution in [-0.4, -0.2) is 39.7 Å². The molecule has 192 valence electrons. The van der Waals surface area contributed by atoms with Crippen LogP contribution in [0.2, 0.25) is 0 Å². The number of anilines is 1. The lowest BCUT2D eigenvalue weighted by Gasteiger charge is -2.14. The zero-order valence-corrected chi connectivity index (χ0v) is 23.3. The molecule has 1 saturated heterocycles. The fourth-order valence-electron chi connectivity index (χ4n) is 3.81. The van der Waals surface area contributed by atoms with Crippen LogP contribution >= 0.6 is 35.3 Å². The van der Waals surface area contributed by atoms with Gasteiger partial charge in [-0.25, -0.2) is 4.98 Å². The normalized spacial score (nSPS) is 14.4. The molecule has 0 atom stereocenters. The Morgan fingerprint density at radius 1 is 1.11 bits per heavy atom. The Morgan fingerprint density at radius 2 is 1.86 bits per heavy atom. The standard InChI is InChI=1S/C28H29N3O3S3/c1-19-7-9-20(10-8-19)16-23-18-29-27(36-23)30-25(32)6-4-3-5-15-31-26(33)24(37-28(31)35)17-21-11-13-22(34-2)14-12-21/h7-14,17-18H,3-6,15-16H2,1-2H3,(H,29,30,32). The fraction of sp³-hybridized carbons (Fsp3) is 0.286. The molecule has 0 saturated carbocycles. The van der Waals surface area contributed by atoms with Crippen LogP contribution in [0.5, 0.6) is 5.75 Å². The molecule has 2 amide bonds. The summed E-state index contributed by atoms with van der Waals surface area (Å²) < 4.78 is 5.75. The molecule has 1 N–H and O–H groups in total. The number of carbonyl (C=O) groups is 2. The predicted molar refractivity (Wildman–Crippen MR) is 156 cm³/mol. The first kappa shape index (κ1) is 27.0. The zero-order chi connectivity index (χ0) is 26.2. The van der Waals surface area contributed by atoms with Crippen molar-refractivity contribution >= 4 is 62.7 Å². The fourth-order valence-corrected chi connectivity index (χ4v) is 5.98. The number of hydrogen-bond acceptors (Lipinski definition) is 7. The molecule has 0 aliphatic carbocycles. The van der Waals surface area contributed by atoms with Gasteiger partial charge >= 0.3 is 0 Å². The molecule has 0 unspecified atom stereocenters. The number of aryl methyl sites for hydroxylation is 1. The molecule has 37 heavy (non-hydrogen) atoms. The van der Waals surface area contributed by atoms with E-state index in [2.05, 4.69) is 41.5 Å². The highest BCUT2D eigenvalue weighted by molar-refractivity contribution is 8.26. The molecular weight excluding hydrogens is 523 g/mol. The number of hydrogen-bond donors (Lipinski definition) is 1. The minimum Gasteiger partial charge on any atom is -0.497 e. The van der Waals surface area contributed by atoms with Gasteiger partial charge in [0.2, 0.25) is 5.91 Å². The van der Waals surface area contributed by atoms with Crippen molar-refractivity contribution < 1.29 is 14.3 Å². The molecule has 1 aromatic heterocycles. The van der Waals surface area contributed by atoms with Gasteiger partial charge in [0, 0.05) is 30.5 Å². The van der Waals surface area contributed by atoms with E-state index in [9.17, 15) is 9.59 Å². The van der Waals surface area contributed by atoms with E-state index in [0.717, 1.165) is 41.9 Å². The summed E-state index contributed by atoms with van der Waals surface area (Å²) in [4.78, 5) is 32.9. The SMILES string of the molecule is COc1ccc(C=C2SC(=S)N(CCCCCC(=O)Nc3ncc(Cc4ccc(C)cc4)s3)C2=O)cc1. The van der Waals surface area contributed by atoms with Crippen LogP contribution in [0.15, 0.2) is 59.6 Å². The van der Waals surface area contributed by atoms with Gasteiger partial charge in [-0.2, -0.15) is 0 Å². The Labute approximate surface area is 231 Å². The van der Waals surface area contributed by atoms with E-state index in [1.165, 1.54) is 34.2 Å². The Kier molecular flexibility index (Phi) is 9.49. The van der Waals surface area contributed by atoms with Crippen molar-refractivity contribution in [2.24, 2.45) is 0 Å². The number of nitrogens with one attached hydrogen (secondary N) is 1. The van der Waals surface area contributed by atoms with Crippen molar-refractivity contribution in [2.75, 3.05) is 19.0 Å². The van der Waals surface area contributed by atoms with Crippen molar-refractivity contribution in [3.8, 4) is 5.75 Å². The number of ether oxygens (including phenoxy) is 1. The molecule has 4 rings (SSSR count). The molecule has 1 aliphatic rings. The number of thioether (sulfide) groups is 1. The number of nitrogens with zero attached hydrogens (tertiary/aromatic N) is 2. The molecule has 6 nitrogen and oxygen atoms in total. The number of rotatable bonds is 11. The van der Waals surface area contributed by atoms with E-state index in [1.807, 2.05) is 36.5 Å². The van der Waals surface area contributed by atoms with Crippen LogP contribution in [0.1, 0.15) is 47.3 Å². The topological polar surface area (TPSA) is 71.5 Å². The number of amides is 2. The van der Waals surface area contributed by atoms with Crippen molar-refractivity contribution in [1.82, 2.24) is 9.88 Å². The highest BCUT2D eigenvalue weighted by Crippen LogP contribution is 2.33. The van der Waals surface area contributed by atoms with Gasteiger partial charge in [0.15, 0.2) is 5.13 Å². The molecule has 1 aliphatic heterocycles. The Balaban J connectivity index is 1.16. The summed E-state index contributed by atoms with van der Waals surface area (Å²) in [5, 5.41) is 3.54. The van der Waals surface area contributed by atoms with Gasteiger partial charge < -0.3 is 10.1 Å². The van der Waals surface area contributed by atoms with Gasteiger partial charge in [-0.15, -0.1) is 11.3 Å². The van der Waals surface area contributed by atoms with Crippen LogP contribution in [-0.2, 0) is 16.0 Å². The highest BCUT2D eigenvalue weighted by Gasteiger charge is 2.31. The van der Waals surface area contributed by atoms with Gasteiger partial charge in [0.1, 0.15) is 10.1 Å². The Hall–Kier alpha value is -3.01. The third-order valence-electron chi connectivity index (χ3n) is 5.87. The summed E-state index contributed by atoms with van der Waals surface area (Å²) in [6, 6.07) is 16.0. The molecular formula is C28H29N3O3S3. The Bertz CT molecular complexity index is 1280.